The molecule has 0 spiro atoms. The van der Waals surface area contributed by atoms with Crippen LogP contribution in [0.1, 0.15) is 54.6 Å². The SMILES string of the molecule is CCn1cc(/C=C2/Oc3c(ccc([O-])c3C[NH+]3CCCCC3C)C2=O)c2ccccc21. The molecule has 2 unspecified atom stereocenters. The number of aromatic nitrogens is 1. The first-order valence-electron chi connectivity index (χ1n) is 11.3. The number of piperidine rings is 1. The number of fused-ring (bicyclic) bond motifs is 2. The third kappa shape index (κ3) is 3.43. The number of ketones is 1. The van der Waals surface area contributed by atoms with Gasteiger partial charge in [-0.2, -0.15) is 0 Å². The van der Waals surface area contributed by atoms with Crippen LogP contribution < -0.4 is 14.7 Å². The number of Topliss-reactive ketones (excluding diaryl/α,β-unsaturated/α-hetero) is 1. The molecule has 1 aromatic heterocycles. The number of para-hydroxylation sites is 1. The van der Waals surface area contributed by atoms with Gasteiger partial charge in [-0.3, -0.25) is 4.79 Å². The first kappa shape index (κ1) is 19.9. The minimum Gasteiger partial charge on any atom is -0.872 e. The molecule has 5 heteroatoms. The lowest BCUT2D eigenvalue weighted by Crippen LogP contribution is -3.14. The van der Waals surface area contributed by atoms with Gasteiger partial charge in [0.05, 0.1) is 18.2 Å². The summed E-state index contributed by atoms with van der Waals surface area (Å²) in [4.78, 5) is 14.5. The molecule has 1 saturated heterocycles. The zero-order chi connectivity index (χ0) is 21.5. The van der Waals surface area contributed by atoms with Gasteiger partial charge < -0.3 is 19.3 Å². The van der Waals surface area contributed by atoms with Crippen LogP contribution in [0.25, 0.3) is 17.0 Å². The number of hydrogen-bond acceptors (Lipinski definition) is 3. The highest BCUT2D eigenvalue weighted by atomic mass is 16.5. The number of ether oxygens (including phenoxy) is 1. The number of aryl methyl sites for hydroxylation is 1. The molecular formula is C26H28N2O3. The van der Waals surface area contributed by atoms with E-state index >= 15 is 0 Å². The average molecular weight is 417 g/mol. The Bertz CT molecular complexity index is 1190. The quantitative estimate of drug-likeness (QED) is 0.664. The molecule has 31 heavy (non-hydrogen) atoms. The van der Waals surface area contributed by atoms with Gasteiger partial charge in [-0.05, 0) is 51.3 Å². The monoisotopic (exact) mass is 416 g/mol. The molecule has 1 N–H and O–H groups in total. The number of quaternary nitrogens is 1. The zero-order valence-corrected chi connectivity index (χ0v) is 18.1. The van der Waals surface area contributed by atoms with Gasteiger partial charge in [-0.1, -0.05) is 30.0 Å². The van der Waals surface area contributed by atoms with E-state index in [1.54, 1.807) is 6.07 Å². The van der Waals surface area contributed by atoms with Gasteiger partial charge in [0.15, 0.2) is 5.76 Å². The van der Waals surface area contributed by atoms with Crippen molar-refractivity contribution in [1.29, 1.82) is 0 Å². The van der Waals surface area contributed by atoms with Crippen LogP contribution >= 0.6 is 0 Å². The molecule has 2 atom stereocenters. The second-order valence-corrected chi connectivity index (χ2v) is 8.73. The number of benzene rings is 2. The smallest absolute Gasteiger partial charge is 0.231 e. The first-order valence-corrected chi connectivity index (χ1v) is 11.3. The Morgan fingerprint density at radius 3 is 2.87 bits per heavy atom. The number of likely N-dealkylation sites (tertiary alicyclic amines) is 1. The van der Waals surface area contributed by atoms with Crippen molar-refractivity contribution in [3.05, 3.63) is 65.0 Å². The predicted molar refractivity (Wildman–Crippen MR) is 119 cm³/mol. The van der Waals surface area contributed by atoms with Crippen LogP contribution in [-0.2, 0) is 13.1 Å². The number of hydrogen-bond donors (Lipinski definition) is 1. The van der Waals surface area contributed by atoms with Gasteiger partial charge >= 0.3 is 0 Å². The van der Waals surface area contributed by atoms with Gasteiger partial charge in [0.25, 0.3) is 0 Å². The zero-order valence-electron chi connectivity index (χ0n) is 18.1. The Balaban J connectivity index is 1.52. The Labute approximate surface area is 182 Å². The second kappa shape index (κ2) is 7.89. The number of allylic oxidation sites excluding steroid dienone is 1. The Kier molecular flexibility index (Phi) is 5.06. The van der Waals surface area contributed by atoms with E-state index in [0.29, 0.717) is 35.2 Å². The molecule has 5 rings (SSSR count). The first-order chi connectivity index (χ1) is 15.1. The van der Waals surface area contributed by atoms with Gasteiger partial charge in [-0.25, -0.2) is 0 Å². The number of carbonyl (C=O) groups is 1. The van der Waals surface area contributed by atoms with Crippen molar-refractivity contribution in [3.8, 4) is 11.5 Å². The molecule has 1 fully saturated rings. The molecule has 0 saturated carbocycles. The van der Waals surface area contributed by atoms with Crippen LogP contribution in [0, 0.1) is 0 Å². The standard InChI is InChI=1S/C26H28N2O3/c1-3-27-15-18(19-9-4-5-10-22(19)27)14-24-25(30)20-11-12-23(29)21(26(20)31-24)16-28-13-7-6-8-17(28)2/h4-5,9-12,14-15,17,29H,3,6-8,13,16H2,1-2H3/b24-14+. The fraction of sp³-hybridized carbons (Fsp3) is 0.346. The van der Waals surface area contributed by atoms with E-state index in [4.69, 9.17) is 4.74 Å². The number of carbonyl (C=O) groups excluding carboxylic acids is 1. The average Bonchev–Trinajstić information content (AvgIpc) is 3.29. The van der Waals surface area contributed by atoms with Gasteiger partial charge in [-0.15, -0.1) is 0 Å². The lowest BCUT2D eigenvalue weighted by molar-refractivity contribution is -0.942. The van der Waals surface area contributed by atoms with Crippen LogP contribution in [0.5, 0.6) is 11.5 Å². The Morgan fingerprint density at radius 2 is 2.06 bits per heavy atom. The summed E-state index contributed by atoms with van der Waals surface area (Å²) in [6.45, 7) is 6.85. The van der Waals surface area contributed by atoms with E-state index in [9.17, 15) is 9.90 Å². The van der Waals surface area contributed by atoms with Crippen LogP contribution in [-0.4, -0.2) is 22.9 Å². The van der Waals surface area contributed by atoms with Crippen molar-refractivity contribution in [2.75, 3.05) is 6.54 Å². The minimum absolute atomic E-state index is 0.0411. The Hall–Kier alpha value is -3.05. The van der Waals surface area contributed by atoms with E-state index < -0.39 is 0 Å². The van der Waals surface area contributed by atoms with Crippen molar-refractivity contribution in [2.45, 2.75) is 52.2 Å². The summed E-state index contributed by atoms with van der Waals surface area (Å²) in [7, 11) is 0. The molecule has 2 aromatic carbocycles. The minimum atomic E-state index is -0.147. The van der Waals surface area contributed by atoms with Crippen LogP contribution in [0.3, 0.4) is 0 Å². The third-order valence-electron chi connectivity index (χ3n) is 6.83. The molecule has 0 aliphatic carbocycles. The fourth-order valence-corrected chi connectivity index (χ4v) is 4.99. The molecule has 2 aliphatic heterocycles. The molecule has 0 bridgehead atoms. The molecule has 2 aliphatic rings. The van der Waals surface area contributed by atoms with E-state index in [1.165, 1.54) is 30.2 Å². The van der Waals surface area contributed by atoms with Crippen LogP contribution in [0.4, 0.5) is 0 Å². The summed E-state index contributed by atoms with van der Waals surface area (Å²) in [5.74, 6) is 0.572. The lowest BCUT2D eigenvalue weighted by Gasteiger charge is -2.31. The van der Waals surface area contributed by atoms with Gasteiger partial charge in [0.2, 0.25) is 5.78 Å². The molecule has 3 aromatic rings. The van der Waals surface area contributed by atoms with E-state index in [0.717, 1.165) is 29.6 Å². The summed E-state index contributed by atoms with van der Waals surface area (Å²) in [6.07, 6.45) is 7.47. The lowest BCUT2D eigenvalue weighted by atomic mass is 10.0. The summed E-state index contributed by atoms with van der Waals surface area (Å²) in [6, 6.07) is 11.8. The van der Waals surface area contributed by atoms with Crippen molar-refractivity contribution >= 4 is 22.8 Å². The normalized spacial score (nSPS) is 22.1. The fourth-order valence-electron chi connectivity index (χ4n) is 4.99. The summed E-state index contributed by atoms with van der Waals surface area (Å²) in [5, 5.41) is 13.8. The Morgan fingerprint density at radius 1 is 1.23 bits per heavy atom. The van der Waals surface area contributed by atoms with E-state index in [-0.39, 0.29) is 11.5 Å². The molecule has 160 valence electrons. The van der Waals surface area contributed by atoms with Crippen LogP contribution in [0.2, 0.25) is 0 Å². The number of nitrogens with one attached hydrogen (secondary N) is 1. The summed E-state index contributed by atoms with van der Waals surface area (Å²) >= 11 is 0. The molecule has 0 amide bonds. The third-order valence-corrected chi connectivity index (χ3v) is 6.83. The number of nitrogens with zero attached hydrogens (tertiary/aromatic N) is 1. The highest BCUT2D eigenvalue weighted by Gasteiger charge is 2.32. The van der Waals surface area contributed by atoms with Gasteiger partial charge in [0, 0.05) is 34.8 Å². The van der Waals surface area contributed by atoms with Crippen molar-refractivity contribution < 1.29 is 19.5 Å². The molecule has 5 nitrogen and oxygen atoms in total. The van der Waals surface area contributed by atoms with E-state index in [2.05, 4.69) is 36.7 Å². The van der Waals surface area contributed by atoms with Crippen LogP contribution in [0.15, 0.2) is 48.4 Å². The highest BCUT2D eigenvalue weighted by Crippen LogP contribution is 2.39. The summed E-state index contributed by atoms with van der Waals surface area (Å²) < 4.78 is 8.26. The maximum atomic E-state index is 13.1. The number of rotatable bonds is 4. The van der Waals surface area contributed by atoms with Crippen molar-refractivity contribution in [2.24, 2.45) is 0 Å². The molecular weight excluding hydrogens is 388 g/mol. The largest absolute Gasteiger partial charge is 0.872 e. The van der Waals surface area contributed by atoms with Gasteiger partial charge in [0.1, 0.15) is 12.3 Å². The summed E-state index contributed by atoms with van der Waals surface area (Å²) in [5.41, 5.74) is 3.22. The maximum Gasteiger partial charge on any atom is 0.231 e. The van der Waals surface area contributed by atoms with E-state index in [1.807, 2.05) is 18.2 Å². The molecule has 0 radical (unpaired) electrons. The van der Waals surface area contributed by atoms with Crippen molar-refractivity contribution in [1.82, 2.24) is 4.57 Å². The second-order valence-electron chi connectivity index (χ2n) is 8.73. The topological polar surface area (TPSA) is 58.7 Å². The highest BCUT2D eigenvalue weighted by molar-refractivity contribution is 6.15. The maximum absolute atomic E-state index is 13.1. The predicted octanol–water partition coefficient (Wildman–Crippen LogP) is 3.31. The van der Waals surface area contributed by atoms with Crippen molar-refractivity contribution in [3.63, 3.8) is 0 Å². The molecule has 3 heterocycles.